The zero-order valence-corrected chi connectivity index (χ0v) is 14.8. The minimum atomic E-state index is -0.300. The lowest BCUT2D eigenvalue weighted by molar-refractivity contribution is -0.123. The summed E-state index contributed by atoms with van der Waals surface area (Å²) in [7, 11) is 0. The molecule has 1 amide bonds. The summed E-state index contributed by atoms with van der Waals surface area (Å²) < 4.78 is 5.74. The largest absolute Gasteiger partial charge is 0.508 e. The van der Waals surface area contributed by atoms with Gasteiger partial charge in [0.05, 0.1) is 12.1 Å². The van der Waals surface area contributed by atoms with Crippen LogP contribution in [0.15, 0.2) is 54.6 Å². The summed E-state index contributed by atoms with van der Waals surface area (Å²) in [5.74, 6) is 0.998. The minimum absolute atomic E-state index is 0.0420. The van der Waals surface area contributed by atoms with E-state index in [0.29, 0.717) is 13.0 Å². The molecule has 138 valence electrons. The molecular weight excluding hydrogens is 330 g/mol. The van der Waals surface area contributed by atoms with Gasteiger partial charge in [0.1, 0.15) is 24.1 Å². The number of phenolic OH excluding ortho intramolecular Hbond substituents is 1. The number of carbonyl (C=O) groups excluding carboxylic acids is 1. The van der Waals surface area contributed by atoms with Crippen molar-refractivity contribution in [2.24, 2.45) is 0 Å². The van der Waals surface area contributed by atoms with Crippen molar-refractivity contribution in [1.29, 1.82) is 0 Å². The van der Waals surface area contributed by atoms with Crippen molar-refractivity contribution in [1.82, 2.24) is 16.2 Å². The van der Waals surface area contributed by atoms with E-state index in [1.807, 2.05) is 49.4 Å². The molecule has 0 bridgehead atoms. The lowest BCUT2D eigenvalue weighted by Gasteiger charge is -2.20. The van der Waals surface area contributed by atoms with Crippen molar-refractivity contribution in [2.45, 2.75) is 37.9 Å². The molecule has 0 aromatic heterocycles. The van der Waals surface area contributed by atoms with Gasteiger partial charge in [0.2, 0.25) is 5.91 Å². The minimum Gasteiger partial charge on any atom is -0.508 e. The molecule has 3 rings (SSSR count). The molecule has 0 aliphatic carbocycles. The predicted octanol–water partition coefficient (Wildman–Crippen LogP) is 2.27. The summed E-state index contributed by atoms with van der Waals surface area (Å²) in [5, 5.41) is 12.5. The van der Waals surface area contributed by atoms with Crippen molar-refractivity contribution < 1.29 is 14.6 Å². The maximum atomic E-state index is 12.6. The molecule has 2 aromatic rings. The van der Waals surface area contributed by atoms with Crippen molar-refractivity contribution >= 4 is 5.91 Å². The van der Waals surface area contributed by atoms with Crippen LogP contribution in [0.5, 0.6) is 11.5 Å². The Bertz CT molecular complexity index is 706. The molecule has 4 N–H and O–H groups in total. The summed E-state index contributed by atoms with van der Waals surface area (Å²) >= 11 is 0. The number of rotatable bonds is 7. The standard InChI is InChI=1S/C20H25N3O3/c1-2-18(14-8-10-16(24)11-9-14)21-20(25)19-12-15(22-23-19)13-26-17-6-4-3-5-7-17/h3-11,15,18-19,22-24H,2,12-13H2,1H3,(H,21,25). The van der Waals surface area contributed by atoms with Crippen molar-refractivity contribution in [3.8, 4) is 11.5 Å². The number of phenols is 1. The van der Waals surface area contributed by atoms with Gasteiger partial charge in [0.25, 0.3) is 0 Å². The quantitative estimate of drug-likeness (QED) is 0.613. The van der Waals surface area contributed by atoms with Crippen LogP contribution in [0.1, 0.15) is 31.4 Å². The highest BCUT2D eigenvalue weighted by atomic mass is 16.5. The van der Waals surface area contributed by atoms with Crippen LogP contribution in [0, 0.1) is 0 Å². The Balaban J connectivity index is 1.49. The van der Waals surface area contributed by atoms with Gasteiger partial charge in [-0.05, 0) is 42.7 Å². The van der Waals surface area contributed by atoms with Crippen molar-refractivity contribution in [3.63, 3.8) is 0 Å². The molecule has 6 heteroatoms. The van der Waals surface area contributed by atoms with Gasteiger partial charge in [-0.1, -0.05) is 37.3 Å². The van der Waals surface area contributed by atoms with Crippen LogP contribution >= 0.6 is 0 Å². The van der Waals surface area contributed by atoms with Crippen LogP contribution in [0.2, 0.25) is 0 Å². The number of ether oxygens (including phenoxy) is 1. The summed E-state index contributed by atoms with van der Waals surface area (Å²) in [6.45, 7) is 2.52. The Hall–Kier alpha value is -2.57. The first-order chi connectivity index (χ1) is 12.7. The first kappa shape index (κ1) is 18.2. The number of hydrazine groups is 1. The Morgan fingerprint density at radius 3 is 2.62 bits per heavy atom. The van der Waals surface area contributed by atoms with Gasteiger partial charge in [-0.2, -0.15) is 0 Å². The Labute approximate surface area is 153 Å². The molecule has 1 heterocycles. The highest BCUT2D eigenvalue weighted by Crippen LogP contribution is 2.20. The summed E-state index contributed by atoms with van der Waals surface area (Å²) in [4.78, 5) is 12.6. The normalized spacial score (nSPS) is 20.5. The number of para-hydroxylation sites is 1. The second-order valence-corrected chi connectivity index (χ2v) is 6.46. The SMILES string of the molecule is CCC(NC(=O)C1CC(COc2ccccc2)NN1)c1ccc(O)cc1. The fraction of sp³-hybridized carbons (Fsp3) is 0.350. The van der Waals surface area contributed by atoms with E-state index in [-0.39, 0.29) is 29.8 Å². The molecule has 3 atom stereocenters. The molecule has 0 radical (unpaired) electrons. The van der Waals surface area contributed by atoms with Gasteiger partial charge in [-0.25, -0.2) is 5.43 Å². The van der Waals surface area contributed by atoms with Gasteiger partial charge >= 0.3 is 0 Å². The molecule has 0 spiro atoms. The number of benzene rings is 2. The van der Waals surface area contributed by atoms with Crippen LogP contribution < -0.4 is 20.9 Å². The van der Waals surface area contributed by atoms with E-state index in [4.69, 9.17) is 4.74 Å². The lowest BCUT2D eigenvalue weighted by atomic mass is 10.0. The monoisotopic (exact) mass is 355 g/mol. The van der Waals surface area contributed by atoms with Gasteiger partial charge < -0.3 is 15.2 Å². The van der Waals surface area contributed by atoms with Crippen LogP contribution in [0.3, 0.4) is 0 Å². The molecular formula is C20H25N3O3. The van der Waals surface area contributed by atoms with E-state index >= 15 is 0 Å². The topological polar surface area (TPSA) is 82.6 Å². The fourth-order valence-corrected chi connectivity index (χ4v) is 3.02. The highest BCUT2D eigenvalue weighted by molar-refractivity contribution is 5.82. The number of hydrogen-bond donors (Lipinski definition) is 4. The van der Waals surface area contributed by atoms with Crippen LogP contribution in [-0.4, -0.2) is 29.7 Å². The third kappa shape index (κ3) is 4.74. The maximum Gasteiger partial charge on any atom is 0.239 e. The predicted molar refractivity (Wildman–Crippen MR) is 99.7 cm³/mol. The summed E-state index contributed by atoms with van der Waals surface area (Å²) in [6.07, 6.45) is 1.43. The molecule has 0 saturated carbocycles. The first-order valence-corrected chi connectivity index (χ1v) is 8.94. The van der Waals surface area contributed by atoms with E-state index in [1.165, 1.54) is 0 Å². The number of hydrogen-bond acceptors (Lipinski definition) is 5. The summed E-state index contributed by atoms with van der Waals surface area (Å²) in [5.41, 5.74) is 7.16. The average Bonchev–Trinajstić information content (AvgIpc) is 3.15. The second-order valence-electron chi connectivity index (χ2n) is 6.46. The Kier molecular flexibility index (Phi) is 6.09. The lowest BCUT2D eigenvalue weighted by Crippen LogP contribution is -2.44. The Morgan fingerprint density at radius 2 is 1.92 bits per heavy atom. The molecule has 1 saturated heterocycles. The number of aromatic hydroxyl groups is 1. The first-order valence-electron chi connectivity index (χ1n) is 8.94. The van der Waals surface area contributed by atoms with Crippen molar-refractivity contribution in [2.75, 3.05) is 6.61 Å². The molecule has 1 fully saturated rings. The van der Waals surface area contributed by atoms with Gasteiger partial charge in [0.15, 0.2) is 0 Å². The molecule has 1 aliphatic heterocycles. The third-order valence-electron chi connectivity index (χ3n) is 4.51. The maximum absolute atomic E-state index is 12.6. The van der Waals surface area contributed by atoms with Crippen LogP contribution in [-0.2, 0) is 4.79 Å². The third-order valence-corrected chi connectivity index (χ3v) is 4.51. The van der Waals surface area contributed by atoms with E-state index in [2.05, 4.69) is 16.2 Å². The van der Waals surface area contributed by atoms with Gasteiger partial charge in [-0.15, -0.1) is 0 Å². The molecule has 1 aliphatic rings. The van der Waals surface area contributed by atoms with E-state index < -0.39 is 0 Å². The van der Waals surface area contributed by atoms with E-state index in [1.54, 1.807) is 12.1 Å². The van der Waals surface area contributed by atoms with E-state index in [0.717, 1.165) is 17.7 Å². The molecule has 2 aromatic carbocycles. The molecule has 26 heavy (non-hydrogen) atoms. The average molecular weight is 355 g/mol. The van der Waals surface area contributed by atoms with Crippen LogP contribution in [0.4, 0.5) is 0 Å². The zero-order valence-electron chi connectivity index (χ0n) is 14.8. The van der Waals surface area contributed by atoms with Gasteiger partial charge in [-0.3, -0.25) is 10.2 Å². The Morgan fingerprint density at radius 1 is 1.19 bits per heavy atom. The highest BCUT2D eigenvalue weighted by Gasteiger charge is 2.30. The van der Waals surface area contributed by atoms with E-state index in [9.17, 15) is 9.90 Å². The van der Waals surface area contributed by atoms with Crippen LogP contribution in [0.25, 0.3) is 0 Å². The number of carbonyl (C=O) groups is 1. The zero-order chi connectivity index (χ0) is 18.4. The van der Waals surface area contributed by atoms with Crippen molar-refractivity contribution in [3.05, 3.63) is 60.2 Å². The van der Waals surface area contributed by atoms with Gasteiger partial charge in [0, 0.05) is 0 Å². The number of nitrogens with one attached hydrogen (secondary N) is 3. The number of amides is 1. The fourth-order valence-electron chi connectivity index (χ4n) is 3.02. The molecule has 3 unspecified atom stereocenters. The molecule has 6 nitrogen and oxygen atoms in total. The second kappa shape index (κ2) is 8.69. The summed E-state index contributed by atoms with van der Waals surface area (Å²) in [6, 6.07) is 16.3. The smallest absolute Gasteiger partial charge is 0.239 e.